The molecule has 0 fully saturated rings. The van der Waals surface area contributed by atoms with Crippen molar-refractivity contribution in [3.8, 4) is 11.3 Å². The summed E-state index contributed by atoms with van der Waals surface area (Å²) in [6, 6.07) is 1.47. The highest BCUT2D eigenvalue weighted by atomic mass is 19.3. The summed E-state index contributed by atoms with van der Waals surface area (Å²) in [5.74, 6) is 0. The second-order valence-corrected chi connectivity index (χ2v) is 5.48. The summed E-state index contributed by atoms with van der Waals surface area (Å²) in [6.45, 7) is 6.25. The zero-order chi connectivity index (χ0) is 16.7. The highest BCUT2D eigenvalue weighted by Crippen LogP contribution is 2.33. The van der Waals surface area contributed by atoms with Gasteiger partial charge in [0.2, 0.25) is 0 Å². The maximum absolute atomic E-state index is 13.6. The SMILES string of the molecule is CCc1c(-c2cc(C(F)F)c3c(C)nn(CC)c3n2)cnn1C. The fraction of sp³-hybridized carbons (Fsp3) is 0.438. The molecule has 0 atom stereocenters. The van der Waals surface area contributed by atoms with Crippen molar-refractivity contribution in [2.24, 2.45) is 7.05 Å². The van der Waals surface area contributed by atoms with E-state index >= 15 is 0 Å². The highest BCUT2D eigenvalue weighted by molar-refractivity contribution is 5.85. The molecule has 0 N–H and O–H groups in total. The number of hydrogen-bond donors (Lipinski definition) is 0. The molecule has 0 saturated carbocycles. The van der Waals surface area contributed by atoms with Crippen LogP contribution in [0.2, 0.25) is 0 Å². The summed E-state index contributed by atoms with van der Waals surface area (Å²) in [5, 5.41) is 9.02. The molecule has 122 valence electrons. The van der Waals surface area contributed by atoms with Crippen molar-refractivity contribution in [1.29, 1.82) is 0 Å². The largest absolute Gasteiger partial charge is 0.272 e. The van der Waals surface area contributed by atoms with Gasteiger partial charge in [0.05, 0.1) is 23.0 Å². The third kappa shape index (κ3) is 2.40. The summed E-state index contributed by atoms with van der Waals surface area (Å²) in [6.07, 6.45) is -0.141. The van der Waals surface area contributed by atoms with Crippen molar-refractivity contribution in [3.05, 3.63) is 29.2 Å². The summed E-state index contributed by atoms with van der Waals surface area (Å²) >= 11 is 0. The van der Waals surface area contributed by atoms with Crippen molar-refractivity contribution < 1.29 is 8.78 Å². The molecule has 23 heavy (non-hydrogen) atoms. The first kappa shape index (κ1) is 15.6. The normalized spacial score (nSPS) is 11.8. The molecule has 0 saturated heterocycles. The van der Waals surface area contributed by atoms with Crippen LogP contribution in [0.3, 0.4) is 0 Å². The molecule has 0 amide bonds. The maximum atomic E-state index is 13.6. The van der Waals surface area contributed by atoms with Crippen LogP contribution in [-0.2, 0) is 20.0 Å². The average Bonchev–Trinajstić information content (AvgIpc) is 3.06. The molecule has 0 aromatic carbocycles. The molecule has 3 aromatic heterocycles. The fourth-order valence-corrected chi connectivity index (χ4v) is 3.01. The van der Waals surface area contributed by atoms with Crippen molar-refractivity contribution in [3.63, 3.8) is 0 Å². The zero-order valence-electron chi connectivity index (χ0n) is 13.6. The van der Waals surface area contributed by atoms with E-state index in [2.05, 4.69) is 15.2 Å². The Morgan fingerprint density at radius 2 is 2.00 bits per heavy atom. The monoisotopic (exact) mass is 319 g/mol. The molecule has 3 heterocycles. The van der Waals surface area contributed by atoms with E-state index in [-0.39, 0.29) is 5.56 Å². The van der Waals surface area contributed by atoms with E-state index in [0.717, 1.165) is 17.7 Å². The molecule has 3 aromatic rings. The number of hydrogen-bond acceptors (Lipinski definition) is 3. The Morgan fingerprint density at radius 1 is 1.26 bits per heavy atom. The summed E-state index contributed by atoms with van der Waals surface area (Å²) in [4.78, 5) is 4.62. The van der Waals surface area contributed by atoms with E-state index in [1.165, 1.54) is 6.07 Å². The second-order valence-electron chi connectivity index (χ2n) is 5.48. The molecule has 0 spiro atoms. The van der Waals surface area contributed by atoms with Crippen LogP contribution in [-0.4, -0.2) is 24.5 Å². The Balaban J connectivity index is 2.34. The number of rotatable bonds is 4. The van der Waals surface area contributed by atoms with Crippen molar-refractivity contribution >= 4 is 11.0 Å². The minimum Gasteiger partial charge on any atom is -0.272 e. The van der Waals surface area contributed by atoms with Crippen LogP contribution in [0.25, 0.3) is 22.3 Å². The molecule has 0 aliphatic rings. The number of aromatic nitrogens is 5. The van der Waals surface area contributed by atoms with Crippen LogP contribution < -0.4 is 0 Å². The average molecular weight is 319 g/mol. The molecule has 0 aliphatic heterocycles. The third-order valence-corrected chi connectivity index (χ3v) is 4.11. The fourth-order valence-electron chi connectivity index (χ4n) is 3.01. The minimum atomic E-state index is -2.57. The minimum absolute atomic E-state index is 0.0203. The first-order valence-electron chi connectivity index (χ1n) is 7.65. The van der Waals surface area contributed by atoms with Gasteiger partial charge in [0.1, 0.15) is 0 Å². The van der Waals surface area contributed by atoms with Gasteiger partial charge in [0.15, 0.2) is 5.65 Å². The molecule has 3 rings (SSSR count). The van der Waals surface area contributed by atoms with Gasteiger partial charge in [-0.05, 0) is 26.3 Å². The Bertz CT molecular complexity index is 863. The van der Waals surface area contributed by atoms with Gasteiger partial charge in [-0.1, -0.05) is 6.92 Å². The van der Waals surface area contributed by atoms with Gasteiger partial charge in [0.25, 0.3) is 6.43 Å². The lowest BCUT2D eigenvalue weighted by molar-refractivity contribution is 0.153. The molecule has 7 heteroatoms. The second kappa shape index (κ2) is 5.72. The van der Waals surface area contributed by atoms with E-state index in [1.54, 1.807) is 22.5 Å². The van der Waals surface area contributed by atoms with Gasteiger partial charge < -0.3 is 0 Å². The Morgan fingerprint density at radius 3 is 2.61 bits per heavy atom. The Hall–Kier alpha value is -2.31. The Labute approximate surface area is 132 Å². The van der Waals surface area contributed by atoms with E-state index in [4.69, 9.17) is 0 Å². The lowest BCUT2D eigenvalue weighted by atomic mass is 10.1. The van der Waals surface area contributed by atoms with E-state index in [0.29, 0.717) is 29.0 Å². The topological polar surface area (TPSA) is 48.5 Å². The quantitative estimate of drug-likeness (QED) is 0.737. The molecular weight excluding hydrogens is 300 g/mol. The van der Waals surface area contributed by atoms with Crippen LogP contribution in [0.15, 0.2) is 12.3 Å². The van der Waals surface area contributed by atoms with Gasteiger partial charge in [-0.25, -0.2) is 18.4 Å². The van der Waals surface area contributed by atoms with Crippen LogP contribution >= 0.6 is 0 Å². The van der Waals surface area contributed by atoms with Crippen molar-refractivity contribution in [1.82, 2.24) is 24.5 Å². The first-order valence-corrected chi connectivity index (χ1v) is 7.65. The third-order valence-electron chi connectivity index (χ3n) is 4.11. The van der Waals surface area contributed by atoms with Gasteiger partial charge in [0, 0.05) is 30.4 Å². The van der Waals surface area contributed by atoms with Crippen LogP contribution in [0.5, 0.6) is 0 Å². The molecule has 0 aliphatic carbocycles. The number of pyridine rings is 1. The number of alkyl halides is 2. The number of nitrogens with zero attached hydrogens (tertiary/aromatic N) is 5. The lowest BCUT2D eigenvalue weighted by Gasteiger charge is -2.08. The summed E-state index contributed by atoms with van der Waals surface area (Å²) in [5.41, 5.74) is 3.35. The lowest BCUT2D eigenvalue weighted by Crippen LogP contribution is -2.01. The van der Waals surface area contributed by atoms with Gasteiger partial charge in [-0.15, -0.1) is 0 Å². The maximum Gasteiger partial charge on any atom is 0.264 e. The van der Waals surface area contributed by atoms with Crippen LogP contribution in [0.4, 0.5) is 8.78 Å². The predicted molar refractivity (Wildman–Crippen MR) is 84.5 cm³/mol. The van der Waals surface area contributed by atoms with Crippen LogP contribution in [0, 0.1) is 6.92 Å². The van der Waals surface area contributed by atoms with Crippen LogP contribution in [0.1, 0.15) is 37.2 Å². The highest BCUT2D eigenvalue weighted by Gasteiger charge is 2.22. The molecule has 0 bridgehead atoms. The summed E-state index contributed by atoms with van der Waals surface area (Å²) in [7, 11) is 1.84. The van der Waals surface area contributed by atoms with E-state index in [9.17, 15) is 8.78 Å². The number of aryl methyl sites for hydroxylation is 3. The smallest absolute Gasteiger partial charge is 0.264 e. The molecule has 0 radical (unpaired) electrons. The predicted octanol–water partition coefficient (Wildman–Crippen LogP) is 3.66. The number of halogens is 2. The summed E-state index contributed by atoms with van der Waals surface area (Å²) < 4.78 is 30.6. The van der Waals surface area contributed by atoms with Crippen molar-refractivity contribution in [2.45, 2.75) is 40.2 Å². The molecule has 5 nitrogen and oxygen atoms in total. The van der Waals surface area contributed by atoms with Gasteiger partial charge in [-0.3, -0.25) is 4.68 Å². The van der Waals surface area contributed by atoms with E-state index < -0.39 is 6.43 Å². The first-order chi connectivity index (χ1) is 11.0. The number of fused-ring (bicyclic) bond motifs is 1. The zero-order valence-corrected chi connectivity index (χ0v) is 13.6. The van der Waals surface area contributed by atoms with Gasteiger partial charge >= 0.3 is 0 Å². The molecular formula is C16H19F2N5. The Kier molecular flexibility index (Phi) is 3.87. The standard InChI is InChI=1S/C16H19F2N5/c1-5-13-11(8-19-22(13)4)12-7-10(15(17)18)14-9(3)21-23(6-2)16(14)20-12/h7-8,15H,5-6H2,1-4H3. The van der Waals surface area contributed by atoms with E-state index in [1.807, 2.05) is 20.9 Å². The van der Waals surface area contributed by atoms with Gasteiger partial charge in [-0.2, -0.15) is 10.2 Å². The molecule has 0 unspecified atom stereocenters. The van der Waals surface area contributed by atoms with Crippen molar-refractivity contribution in [2.75, 3.05) is 0 Å².